The van der Waals surface area contributed by atoms with E-state index in [-0.39, 0.29) is 30.1 Å². The van der Waals surface area contributed by atoms with Gasteiger partial charge in [0.1, 0.15) is 11.4 Å². The largest absolute Gasteiger partial charge is 0.494 e. The molecule has 2 aliphatic heterocycles. The Morgan fingerprint density at radius 2 is 1.67 bits per heavy atom. The normalized spacial score (nSPS) is 23.6. The Labute approximate surface area is 160 Å². The smallest absolute Gasteiger partial charge is 0.278 e. The summed E-state index contributed by atoms with van der Waals surface area (Å²) in [6.45, 7) is 11.4. The number of ether oxygens (including phenoxy) is 2. The van der Waals surface area contributed by atoms with Gasteiger partial charge in [0.2, 0.25) is 0 Å². The summed E-state index contributed by atoms with van der Waals surface area (Å²) in [6, 6.07) is 7.18. The summed E-state index contributed by atoms with van der Waals surface area (Å²) in [6.07, 6.45) is -0.00216. The van der Waals surface area contributed by atoms with Crippen LogP contribution in [-0.2, 0) is 14.3 Å². The molecule has 2 amide bonds. The van der Waals surface area contributed by atoms with E-state index in [1.54, 1.807) is 0 Å². The number of carbonyl (C=O) groups excluding carboxylic acids is 2. The zero-order valence-corrected chi connectivity index (χ0v) is 16.7. The van der Waals surface area contributed by atoms with E-state index >= 15 is 0 Å². The van der Waals surface area contributed by atoms with Gasteiger partial charge in [0.15, 0.2) is 0 Å². The van der Waals surface area contributed by atoms with Gasteiger partial charge in [-0.05, 0) is 52.3 Å². The maximum absolute atomic E-state index is 13.2. The first-order chi connectivity index (χ1) is 12.8. The molecule has 2 aliphatic rings. The molecular formula is C21H28N2O4. The number of hydrogen-bond donors (Lipinski definition) is 0. The van der Waals surface area contributed by atoms with Crippen molar-refractivity contribution in [3.63, 3.8) is 0 Å². The average Bonchev–Trinajstić information content (AvgIpc) is 2.85. The number of rotatable bonds is 5. The van der Waals surface area contributed by atoms with Crippen molar-refractivity contribution in [2.75, 3.05) is 19.7 Å². The third kappa shape index (κ3) is 3.72. The minimum atomic E-state index is -0.235. The SMILES string of the molecule is CCOc1ccc(C2=C(N3CC(C)OC(C)C3)C(=O)N(C(C)C)C2=O)cc1. The van der Waals surface area contributed by atoms with Crippen LogP contribution in [0, 0.1) is 0 Å². The van der Waals surface area contributed by atoms with Crippen LogP contribution < -0.4 is 4.74 Å². The maximum atomic E-state index is 13.2. The van der Waals surface area contributed by atoms with E-state index in [1.165, 1.54) is 4.90 Å². The number of benzene rings is 1. The van der Waals surface area contributed by atoms with Crippen molar-refractivity contribution < 1.29 is 19.1 Å². The molecule has 2 unspecified atom stereocenters. The molecule has 27 heavy (non-hydrogen) atoms. The van der Waals surface area contributed by atoms with E-state index in [4.69, 9.17) is 9.47 Å². The van der Waals surface area contributed by atoms with Crippen LogP contribution in [0.5, 0.6) is 5.75 Å². The molecule has 2 heterocycles. The standard InChI is InChI=1S/C21H28N2O4/c1-6-26-17-9-7-16(8-10-17)18-19(21(25)23(13(2)3)20(18)24)22-11-14(4)27-15(5)12-22/h7-10,13-15H,6,11-12H2,1-5H3. The average molecular weight is 372 g/mol. The van der Waals surface area contributed by atoms with Gasteiger partial charge in [0.05, 0.1) is 24.4 Å². The van der Waals surface area contributed by atoms with Gasteiger partial charge < -0.3 is 14.4 Å². The van der Waals surface area contributed by atoms with Crippen molar-refractivity contribution in [3.8, 4) is 5.75 Å². The molecule has 146 valence electrons. The Morgan fingerprint density at radius 1 is 1.07 bits per heavy atom. The molecule has 0 bridgehead atoms. The number of nitrogens with zero attached hydrogens (tertiary/aromatic N) is 2. The van der Waals surface area contributed by atoms with Crippen molar-refractivity contribution in [1.29, 1.82) is 0 Å². The highest BCUT2D eigenvalue weighted by Gasteiger charge is 2.44. The van der Waals surface area contributed by atoms with Crippen molar-refractivity contribution in [2.24, 2.45) is 0 Å². The van der Waals surface area contributed by atoms with E-state index in [9.17, 15) is 9.59 Å². The fourth-order valence-corrected chi connectivity index (χ4v) is 3.80. The molecule has 0 aromatic heterocycles. The summed E-state index contributed by atoms with van der Waals surface area (Å²) < 4.78 is 11.3. The summed E-state index contributed by atoms with van der Waals surface area (Å²) in [5, 5.41) is 0. The van der Waals surface area contributed by atoms with Crippen molar-refractivity contribution in [2.45, 2.75) is 52.9 Å². The summed E-state index contributed by atoms with van der Waals surface area (Å²) in [4.78, 5) is 29.7. The lowest BCUT2D eigenvalue weighted by Gasteiger charge is -2.37. The summed E-state index contributed by atoms with van der Waals surface area (Å²) >= 11 is 0. The van der Waals surface area contributed by atoms with Crippen LogP contribution in [0.2, 0.25) is 0 Å². The molecule has 1 saturated heterocycles. The van der Waals surface area contributed by atoms with Crippen LogP contribution in [0.3, 0.4) is 0 Å². The Hall–Kier alpha value is -2.34. The maximum Gasteiger partial charge on any atom is 0.278 e. The van der Waals surface area contributed by atoms with Gasteiger partial charge in [-0.15, -0.1) is 0 Å². The van der Waals surface area contributed by atoms with Crippen molar-refractivity contribution in [1.82, 2.24) is 9.80 Å². The zero-order chi connectivity index (χ0) is 19.7. The number of imide groups is 1. The van der Waals surface area contributed by atoms with Crippen LogP contribution in [-0.4, -0.2) is 59.6 Å². The minimum absolute atomic E-state index is 0.00108. The molecule has 0 aliphatic carbocycles. The van der Waals surface area contributed by atoms with E-state index in [0.29, 0.717) is 31.0 Å². The van der Waals surface area contributed by atoms with Crippen LogP contribution in [0.15, 0.2) is 30.0 Å². The quantitative estimate of drug-likeness (QED) is 0.744. The molecule has 1 aromatic carbocycles. The van der Waals surface area contributed by atoms with Crippen LogP contribution in [0.4, 0.5) is 0 Å². The number of hydrogen-bond acceptors (Lipinski definition) is 5. The fraction of sp³-hybridized carbons (Fsp3) is 0.524. The fourth-order valence-electron chi connectivity index (χ4n) is 3.80. The lowest BCUT2D eigenvalue weighted by Crippen LogP contribution is -2.47. The molecule has 6 nitrogen and oxygen atoms in total. The van der Waals surface area contributed by atoms with Crippen LogP contribution in [0.25, 0.3) is 5.57 Å². The number of amides is 2. The second-order valence-electron chi connectivity index (χ2n) is 7.42. The summed E-state index contributed by atoms with van der Waals surface area (Å²) in [5.74, 6) is 0.288. The highest BCUT2D eigenvalue weighted by atomic mass is 16.5. The molecule has 3 rings (SSSR count). The van der Waals surface area contributed by atoms with Crippen molar-refractivity contribution >= 4 is 17.4 Å². The topological polar surface area (TPSA) is 59.1 Å². The molecule has 6 heteroatoms. The first-order valence-corrected chi connectivity index (χ1v) is 9.59. The Bertz CT molecular complexity index is 744. The second kappa shape index (κ2) is 7.72. The molecule has 0 saturated carbocycles. The van der Waals surface area contributed by atoms with Gasteiger partial charge in [0.25, 0.3) is 11.8 Å². The first kappa shape index (κ1) is 19.4. The monoisotopic (exact) mass is 372 g/mol. The Morgan fingerprint density at radius 3 is 2.19 bits per heavy atom. The van der Waals surface area contributed by atoms with E-state index in [1.807, 2.05) is 63.8 Å². The molecule has 0 N–H and O–H groups in total. The van der Waals surface area contributed by atoms with Gasteiger partial charge in [-0.3, -0.25) is 14.5 Å². The predicted molar refractivity (Wildman–Crippen MR) is 103 cm³/mol. The van der Waals surface area contributed by atoms with Gasteiger partial charge in [-0.25, -0.2) is 0 Å². The second-order valence-corrected chi connectivity index (χ2v) is 7.42. The van der Waals surface area contributed by atoms with Crippen molar-refractivity contribution in [3.05, 3.63) is 35.5 Å². The van der Waals surface area contributed by atoms with Gasteiger partial charge in [-0.1, -0.05) is 12.1 Å². The van der Waals surface area contributed by atoms with Gasteiger partial charge >= 0.3 is 0 Å². The molecule has 2 atom stereocenters. The van der Waals surface area contributed by atoms with E-state index < -0.39 is 0 Å². The number of morpholine rings is 1. The van der Waals surface area contributed by atoms with Crippen LogP contribution >= 0.6 is 0 Å². The minimum Gasteiger partial charge on any atom is -0.494 e. The predicted octanol–water partition coefficient (Wildman–Crippen LogP) is 2.68. The lowest BCUT2D eigenvalue weighted by atomic mass is 10.0. The Kier molecular flexibility index (Phi) is 5.56. The summed E-state index contributed by atoms with van der Waals surface area (Å²) in [7, 11) is 0. The van der Waals surface area contributed by atoms with Gasteiger partial charge in [-0.2, -0.15) is 0 Å². The highest BCUT2D eigenvalue weighted by molar-refractivity contribution is 6.35. The first-order valence-electron chi connectivity index (χ1n) is 9.59. The molecule has 0 spiro atoms. The van der Waals surface area contributed by atoms with Crippen LogP contribution in [0.1, 0.15) is 40.2 Å². The molecular weight excluding hydrogens is 344 g/mol. The molecule has 0 radical (unpaired) electrons. The van der Waals surface area contributed by atoms with E-state index in [2.05, 4.69) is 0 Å². The zero-order valence-electron chi connectivity index (χ0n) is 16.7. The third-order valence-corrected chi connectivity index (χ3v) is 4.80. The highest BCUT2D eigenvalue weighted by Crippen LogP contribution is 2.34. The third-order valence-electron chi connectivity index (χ3n) is 4.80. The summed E-state index contributed by atoms with van der Waals surface area (Å²) in [5.41, 5.74) is 1.69. The molecule has 1 aromatic rings. The van der Waals surface area contributed by atoms with E-state index in [0.717, 1.165) is 11.3 Å². The van der Waals surface area contributed by atoms with Gasteiger partial charge in [0, 0.05) is 19.1 Å². The number of carbonyl (C=O) groups is 2. The lowest BCUT2D eigenvalue weighted by molar-refractivity contribution is -0.140. The Balaban J connectivity index is 2.06. The molecule has 1 fully saturated rings.